The fraction of sp³-hybridized carbons (Fsp3) is 0.579. The van der Waals surface area contributed by atoms with Crippen molar-refractivity contribution in [2.45, 2.75) is 44.6 Å². The Morgan fingerprint density at radius 1 is 1.24 bits per heavy atom. The first-order valence-electron chi connectivity index (χ1n) is 8.96. The SMILES string of the molecule is CC1(C)C(=O)N(C(=O)NC[C@@H]2CCN3CCC[C@@H]23)c2ccccc21.Cl. The monoisotopic (exact) mass is 363 g/mol. The number of hydrogen-bond acceptors (Lipinski definition) is 3. The van der Waals surface area contributed by atoms with Gasteiger partial charge in [0, 0.05) is 12.6 Å². The number of anilines is 1. The van der Waals surface area contributed by atoms with Gasteiger partial charge in [0.2, 0.25) is 5.91 Å². The summed E-state index contributed by atoms with van der Waals surface area (Å²) in [6.45, 7) is 6.76. The van der Waals surface area contributed by atoms with Crippen LogP contribution in [0.3, 0.4) is 0 Å². The molecule has 1 N–H and O–H groups in total. The van der Waals surface area contributed by atoms with E-state index in [1.807, 2.05) is 38.1 Å². The van der Waals surface area contributed by atoms with Crippen molar-refractivity contribution in [3.63, 3.8) is 0 Å². The largest absolute Gasteiger partial charge is 0.337 e. The number of nitrogens with zero attached hydrogens (tertiary/aromatic N) is 2. The lowest BCUT2D eigenvalue weighted by molar-refractivity contribution is -0.121. The first-order chi connectivity index (χ1) is 11.5. The number of fused-ring (bicyclic) bond motifs is 2. The minimum absolute atomic E-state index is 0. The Kier molecular flexibility index (Phi) is 4.82. The predicted molar refractivity (Wildman–Crippen MR) is 100 cm³/mol. The van der Waals surface area contributed by atoms with Gasteiger partial charge in [-0.2, -0.15) is 0 Å². The molecule has 6 heteroatoms. The van der Waals surface area contributed by atoms with Crippen molar-refractivity contribution in [1.29, 1.82) is 0 Å². The number of nitrogens with one attached hydrogen (secondary N) is 1. The van der Waals surface area contributed by atoms with Crippen molar-refractivity contribution < 1.29 is 9.59 Å². The topological polar surface area (TPSA) is 52.7 Å². The van der Waals surface area contributed by atoms with E-state index in [9.17, 15) is 9.59 Å². The average Bonchev–Trinajstić information content (AvgIpc) is 3.21. The molecule has 1 aromatic rings. The van der Waals surface area contributed by atoms with Gasteiger partial charge in [0.15, 0.2) is 0 Å². The van der Waals surface area contributed by atoms with Crippen LogP contribution in [0.15, 0.2) is 24.3 Å². The van der Waals surface area contributed by atoms with Crippen LogP contribution >= 0.6 is 12.4 Å². The molecule has 1 aromatic carbocycles. The molecule has 4 rings (SSSR count). The number of amides is 3. The molecule has 2 atom stereocenters. The van der Waals surface area contributed by atoms with Crippen LogP contribution in [0.5, 0.6) is 0 Å². The summed E-state index contributed by atoms with van der Waals surface area (Å²) in [7, 11) is 0. The number of para-hydroxylation sites is 1. The van der Waals surface area contributed by atoms with Gasteiger partial charge >= 0.3 is 6.03 Å². The lowest BCUT2D eigenvalue weighted by Gasteiger charge is -2.23. The summed E-state index contributed by atoms with van der Waals surface area (Å²) < 4.78 is 0. The Hall–Kier alpha value is -1.59. The highest BCUT2D eigenvalue weighted by Crippen LogP contribution is 2.41. The molecule has 0 aromatic heterocycles. The van der Waals surface area contributed by atoms with Gasteiger partial charge in [0.05, 0.1) is 11.1 Å². The second kappa shape index (κ2) is 6.61. The number of rotatable bonds is 2. The van der Waals surface area contributed by atoms with E-state index in [1.54, 1.807) is 0 Å². The number of carbonyl (C=O) groups is 2. The van der Waals surface area contributed by atoms with E-state index in [4.69, 9.17) is 0 Å². The Labute approximate surface area is 155 Å². The number of benzene rings is 1. The summed E-state index contributed by atoms with van der Waals surface area (Å²) in [6.07, 6.45) is 3.64. The lowest BCUT2D eigenvalue weighted by Crippen LogP contribution is -2.47. The molecule has 0 radical (unpaired) electrons. The minimum atomic E-state index is -0.649. The van der Waals surface area contributed by atoms with Crippen molar-refractivity contribution in [2.24, 2.45) is 5.92 Å². The lowest BCUT2D eigenvalue weighted by atomic mass is 9.86. The van der Waals surface area contributed by atoms with Gasteiger partial charge in [0.1, 0.15) is 0 Å². The third-order valence-electron chi connectivity index (χ3n) is 6.02. The molecule has 3 amide bonds. The van der Waals surface area contributed by atoms with Crippen molar-refractivity contribution in [3.05, 3.63) is 29.8 Å². The minimum Gasteiger partial charge on any atom is -0.337 e. The van der Waals surface area contributed by atoms with Crippen molar-refractivity contribution >= 4 is 30.0 Å². The van der Waals surface area contributed by atoms with Crippen molar-refractivity contribution in [2.75, 3.05) is 24.5 Å². The number of carbonyl (C=O) groups excluding carboxylic acids is 2. The van der Waals surface area contributed by atoms with Gasteiger partial charge in [-0.25, -0.2) is 9.69 Å². The van der Waals surface area contributed by atoms with E-state index in [0.717, 1.165) is 24.2 Å². The number of imide groups is 1. The van der Waals surface area contributed by atoms with Crippen molar-refractivity contribution in [1.82, 2.24) is 10.2 Å². The first kappa shape index (κ1) is 18.2. The second-order valence-electron chi connectivity index (χ2n) is 7.76. The molecular weight excluding hydrogens is 338 g/mol. The highest BCUT2D eigenvalue weighted by molar-refractivity contribution is 6.22. The number of halogens is 1. The van der Waals surface area contributed by atoms with Gasteiger partial charge in [-0.1, -0.05) is 18.2 Å². The molecule has 2 fully saturated rings. The second-order valence-corrected chi connectivity index (χ2v) is 7.76. The highest BCUT2D eigenvalue weighted by atomic mass is 35.5. The molecule has 25 heavy (non-hydrogen) atoms. The molecule has 0 spiro atoms. The van der Waals surface area contributed by atoms with Crippen LogP contribution in [0.1, 0.15) is 38.7 Å². The molecule has 5 nitrogen and oxygen atoms in total. The van der Waals surface area contributed by atoms with E-state index in [2.05, 4.69) is 10.2 Å². The Morgan fingerprint density at radius 2 is 2.00 bits per heavy atom. The van der Waals surface area contributed by atoms with E-state index in [0.29, 0.717) is 18.5 Å². The first-order valence-corrected chi connectivity index (χ1v) is 8.96. The average molecular weight is 364 g/mol. The van der Waals surface area contributed by atoms with Crippen LogP contribution in [-0.4, -0.2) is 42.5 Å². The van der Waals surface area contributed by atoms with Gasteiger partial charge < -0.3 is 10.2 Å². The quantitative estimate of drug-likeness (QED) is 0.879. The maximum atomic E-state index is 12.8. The maximum absolute atomic E-state index is 12.8. The molecule has 3 aliphatic heterocycles. The van der Waals surface area contributed by atoms with Crippen LogP contribution < -0.4 is 10.2 Å². The number of urea groups is 1. The van der Waals surface area contributed by atoms with E-state index < -0.39 is 5.41 Å². The van der Waals surface area contributed by atoms with Gasteiger partial charge in [-0.15, -0.1) is 12.4 Å². The van der Waals surface area contributed by atoms with Crippen molar-refractivity contribution in [3.8, 4) is 0 Å². The zero-order valence-electron chi connectivity index (χ0n) is 14.8. The van der Waals surface area contributed by atoms with Crippen LogP contribution in [0.25, 0.3) is 0 Å². The summed E-state index contributed by atoms with van der Waals surface area (Å²) in [5, 5.41) is 3.03. The molecule has 0 aliphatic carbocycles. The third kappa shape index (κ3) is 2.83. The number of hydrogen-bond donors (Lipinski definition) is 1. The molecule has 3 aliphatic rings. The molecule has 2 saturated heterocycles. The summed E-state index contributed by atoms with van der Waals surface area (Å²) in [5.74, 6) is 0.368. The van der Waals surface area contributed by atoms with Crippen LogP contribution in [0, 0.1) is 5.92 Å². The molecule has 0 bridgehead atoms. The summed E-state index contributed by atoms with van der Waals surface area (Å²) >= 11 is 0. The molecule has 3 heterocycles. The molecular formula is C19H26ClN3O2. The smallest absolute Gasteiger partial charge is 0.328 e. The van der Waals surface area contributed by atoms with Crippen LogP contribution in [0.2, 0.25) is 0 Å². The molecule has 0 saturated carbocycles. The Bertz CT molecular complexity index is 691. The fourth-order valence-corrected chi connectivity index (χ4v) is 4.63. The zero-order valence-corrected chi connectivity index (χ0v) is 15.6. The van der Waals surface area contributed by atoms with E-state index in [1.165, 1.54) is 24.3 Å². The normalized spacial score (nSPS) is 27.0. The summed E-state index contributed by atoms with van der Waals surface area (Å²) in [5.41, 5.74) is 0.996. The van der Waals surface area contributed by atoms with E-state index in [-0.39, 0.29) is 24.3 Å². The summed E-state index contributed by atoms with van der Waals surface area (Å²) in [4.78, 5) is 29.4. The fourth-order valence-electron chi connectivity index (χ4n) is 4.63. The van der Waals surface area contributed by atoms with Gasteiger partial charge in [-0.3, -0.25) is 4.79 Å². The van der Waals surface area contributed by atoms with E-state index >= 15 is 0 Å². The predicted octanol–water partition coefficient (Wildman–Crippen LogP) is 2.93. The third-order valence-corrected chi connectivity index (χ3v) is 6.02. The highest BCUT2D eigenvalue weighted by Gasteiger charge is 2.46. The Balaban J connectivity index is 0.00000182. The maximum Gasteiger partial charge on any atom is 0.328 e. The molecule has 0 unspecified atom stereocenters. The summed E-state index contributed by atoms with van der Waals surface area (Å²) in [6, 6.07) is 7.92. The zero-order chi connectivity index (χ0) is 16.9. The standard InChI is InChI=1S/C19H25N3O2.ClH/c1-19(2)14-6-3-4-7-16(14)22(17(19)23)18(24)20-12-13-9-11-21-10-5-8-15(13)21;/h3-4,6-7,13,15H,5,8-12H2,1-2H3,(H,20,24);1H/t13-,15-;/m0./s1. The van der Waals surface area contributed by atoms with Gasteiger partial charge in [0.25, 0.3) is 0 Å². The van der Waals surface area contributed by atoms with Crippen LogP contribution in [0.4, 0.5) is 10.5 Å². The van der Waals surface area contributed by atoms with Gasteiger partial charge in [-0.05, 0) is 63.7 Å². The Morgan fingerprint density at radius 3 is 2.80 bits per heavy atom. The van der Waals surface area contributed by atoms with Crippen LogP contribution in [-0.2, 0) is 10.2 Å². The molecule has 136 valence electrons.